The van der Waals surface area contributed by atoms with Gasteiger partial charge in [0.05, 0.1) is 0 Å². The third-order valence-corrected chi connectivity index (χ3v) is 1.03. The summed E-state index contributed by atoms with van der Waals surface area (Å²) in [6.45, 7) is 0. The van der Waals surface area contributed by atoms with E-state index in [1.165, 1.54) is 0 Å². The van der Waals surface area contributed by atoms with Crippen molar-refractivity contribution in [1.82, 2.24) is 4.31 Å². The van der Waals surface area contributed by atoms with Gasteiger partial charge in [0.15, 0.2) is 0 Å². The molecule has 0 radical (unpaired) electrons. The lowest BCUT2D eigenvalue weighted by molar-refractivity contribution is 0.276. The van der Waals surface area contributed by atoms with Crippen molar-refractivity contribution in [2.24, 2.45) is 0 Å². The highest BCUT2D eigenvalue weighted by molar-refractivity contribution is 8.30. The molecule has 0 aliphatic carbocycles. The molecule has 2 nitrogen and oxygen atoms in total. The minimum absolute atomic E-state index is 0.176. The zero-order valence-electron chi connectivity index (χ0n) is 4.21. The van der Waals surface area contributed by atoms with E-state index in [2.05, 4.69) is 12.6 Å². The summed E-state index contributed by atoms with van der Waals surface area (Å²) in [6.07, 6.45) is 0. The number of nitrogens with zero attached hydrogens (tertiary/aromatic N) is 1. The van der Waals surface area contributed by atoms with Crippen LogP contribution in [0.5, 0.6) is 0 Å². The first kappa shape index (κ1) is 7.33. The fourth-order valence-corrected chi connectivity index (χ4v) is 0.958. The summed E-state index contributed by atoms with van der Waals surface area (Å²) < 4.78 is 1.51. The third-order valence-electron chi connectivity index (χ3n) is 0.261. The fourth-order valence-electron chi connectivity index (χ4n) is 0.156. The van der Waals surface area contributed by atoms with Gasteiger partial charge in [-0.25, -0.2) is 4.31 Å². The third kappa shape index (κ3) is 6.33. The molecule has 0 bridgehead atoms. The normalized spacial score (nSPS) is 9.71. The van der Waals surface area contributed by atoms with Gasteiger partial charge in [0.1, 0.15) is 0 Å². The molecule has 0 unspecified atom stereocenters. The molecule has 0 spiro atoms. The quantitative estimate of drug-likeness (QED) is 0.434. The van der Waals surface area contributed by atoms with Crippen molar-refractivity contribution in [3.8, 4) is 0 Å². The van der Waals surface area contributed by atoms with E-state index in [0.29, 0.717) is 0 Å². The summed E-state index contributed by atoms with van der Waals surface area (Å²) in [5.41, 5.74) is 0. The molecule has 0 aromatic rings. The number of hydrogen-bond donors (Lipinski definition) is 1. The van der Waals surface area contributed by atoms with E-state index in [9.17, 15) is 4.79 Å². The van der Waals surface area contributed by atoms with Gasteiger partial charge in [-0.2, -0.15) is 0 Å². The van der Waals surface area contributed by atoms with Crippen LogP contribution in [-0.2, 0) is 0 Å². The molecule has 0 aromatic carbocycles. The molecular weight excluding hydrogens is 130 g/mol. The topological polar surface area (TPSA) is 20.3 Å². The Morgan fingerprint density at radius 1 is 1.71 bits per heavy atom. The smallest absolute Gasteiger partial charge is 0.258 e. The van der Waals surface area contributed by atoms with Crippen molar-refractivity contribution in [2.45, 2.75) is 0 Å². The molecule has 7 heavy (non-hydrogen) atoms. The van der Waals surface area contributed by atoms with Crippen molar-refractivity contribution >= 4 is 29.0 Å². The Hall–Kier alpha value is 0.330. The van der Waals surface area contributed by atoms with E-state index in [1.807, 2.05) is 0 Å². The predicted molar refractivity (Wildman–Crippen MR) is 35.7 cm³/mol. The summed E-state index contributed by atoms with van der Waals surface area (Å²) >= 11 is 4.59. The van der Waals surface area contributed by atoms with E-state index in [4.69, 9.17) is 0 Å². The monoisotopic (exact) mass is 137 g/mol. The first-order valence-corrected chi connectivity index (χ1v) is 2.93. The van der Waals surface area contributed by atoms with Crippen LogP contribution in [0.4, 0.5) is 4.79 Å². The minimum Gasteiger partial charge on any atom is -0.273 e. The second-order valence-corrected chi connectivity index (χ2v) is 3.16. The van der Waals surface area contributed by atoms with Crippen molar-refractivity contribution in [3.05, 3.63) is 0 Å². The molecule has 0 rings (SSSR count). The summed E-state index contributed by atoms with van der Waals surface area (Å²) in [6, 6.07) is 0. The maximum Gasteiger partial charge on any atom is 0.258 e. The number of carbonyl (C=O) groups excluding carboxylic acids is 1. The van der Waals surface area contributed by atoms with Crippen molar-refractivity contribution < 1.29 is 4.79 Å². The zero-order chi connectivity index (χ0) is 5.86. The molecule has 0 amide bonds. The standard InChI is InChI=1S/C3H7NOS2/c1-4(2)7-3(5)6/h1-2H3,(H,5,6). The number of carbonyl (C=O) groups is 1. The summed E-state index contributed by atoms with van der Waals surface area (Å²) in [7, 11) is 3.58. The summed E-state index contributed by atoms with van der Waals surface area (Å²) in [4.78, 5) is 10.0. The van der Waals surface area contributed by atoms with Crippen LogP contribution in [0.25, 0.3) is 0 Å². The lowest BCUT2D eigenvalue weighted by atomic mass is 11.3. The second-order valence-electron chi connectivity index (χ2n) is 1.17. The van der Waals surface area contributed by atoms with Gasteiger partial charge in [-0.3, -0.25) is 4.79 Å². The Kier molecular flexibility index (Phi) is 3.50. The largest absolute Gasteiger partial charge is 0.273 e. The summed E-state index contributed by atoms with van der Waals surface area (Å²) in [5.74, 6) is 0. The lowest BCUT2D eigenvalue weighted by Crippen LogP contribution is -2.00. The minimum atomic E-state index is -0.176. The van der Waals surface area contributed by atoms with Crippen molar-refractivity contribution in [1.29, 1.82) is 0 Å². The van der Waals surface area contributed by atoms with E-state index in [1.54, 1.807) is 18.4 Å². The first-order chi connectivity index (χ1) is 3.13. The van der Waals surface area contributed by atoms with E-state index < -0.39 is 0 Å². The molecule has 0 aromatic heterocycles. The number of thiol groups is 1. The molecule has 0 aliphatic heterocycles. The lowest BCUT2D eigenvalue weighted by Gasteiger charge is -2.00. The zero-order valence-corrected chi connectivity index (χ0v) is 5.92. The molecule has 0 saturated heterocycles. The van der Waals surface area contributed by atoms with Gasteiger partial charge in [-0.1, -0.05) is 12.6 Å². The highest BCUT2D eigenvalue weighted by Crippen LogP contribution is 2.07. The van der Waals surface area contributed by atoms with E-state index in [0.717, 1.165) is 11.9 Å². The Balaban J connectivity index is 3.13. The Labute approximate surface area is 52.8 Å². The van der Waals surface area contributed by atoms with E-state index in [-0.39, 0.29) is 4.45 Å². The van der Waals surface area contributed by atoms with Gasteiger partial charge in [-0.05, 0) is 14.1 Å². The van der Waals surface area contributed by atoms with Gasteiger partial charge in [0, 0.05) is 11.9 Å². The van der Waals surface area contributed by atoms with Gasteiger partial charge < -0.3 is 0 Å². The van der Waals surface area contributed by atoms with Crippen molar-refractivity contribution in [3.63, 3.8) is 0 Å². The molecular formula is C3H7NOS2. The molecule has 0 atom stereocenters. The SMILES string of the molecule is CN(C)SC(=O)S. The number of hydrogen-bond acceptors (Lipinski definition) is 3. The first-order valence-electron chi connectivity index (χ1n) is 1.71. The molecule has 0 aliphatic rings. The maximum absolute atomic E-state index is 10.0. The Bertz CT molecular complexity index is 73.3. The molecule has 0 heterocycles. The highest BCUT2D eigenvalue weighted by Gasteiger charge is 1.93. The van der Waals surface area contributed by atoms with Crippen LogP contribution in [0, 0.1) is 0 Å². The van der Waals surface area contributed by atoms with Crippen LogP contribution in [0.15, 0.2) is 0 Å². The average molecular weight is 137 g/mol. The van der Waals surface area contributed by atoms with Crippen LogP contribution in [0.2, 0.25) is 0 Å². The van der Waals surface area contributed by atoms with Gasteiger partial charge in [0.25, 0.3) is 4.45 Å². The molecule has 42 valence electrons. The molecule has 0 fully saturated rings. The van der Waals surface area contributed by atoms with Crippen LogP contribution in [0.1, 0.15) is 0 Å². The van der Waals surface area contributed by atoms with Crippen molar-refractivity contribution in [2.75, 3.05) is 14.1 Å². The van der Waals surface area contributed by atoms with Gasteiger partial charge >= 0.3 is 0 Å². The van der Waals surface area contributed by atoms with Crippen LogP contribution in [0.3, 0.4) is 0 Å². The van der Waals surface area contributed by atoms with Crippen LogP contribution >= 0.6 is 24.6 Å². The fraction of sp³-hybridized carbons (Fsp3) is 0.667. The average Bonchev–Trinajstić information content (AvgIpc) is 1.27. The van der Waals surface area contributed by atoms with Gasteiger partial charge in [-0.15, -0.1) is 0 Å². The maximum atomic E-state index is 10.0. The summed E-state index contributed by atoms with van der Waals surface area (Å²) in [5, 5.41) is 0. The van der Waals surface area contributed by atoms with Crippen LogP contribution < -0.4 is 0 Å². The van der Waals surface area contributed by atoms with Crippen LogP contribution in [-0.4, -0.2) is 22.8 Å². The molecule has 0 N–H and O–H groups in total. The highest BCUT2D eigenvalue weighted by atomic mass is 32.2. The van der Waals surface area contributed by atoms with E-state index >= 15 is 0 Å². The molecule has 4 heteroatoms. The second kappa shape index (κ2) is 3.35. The van der Waals surface area contributed by atoms with Gasteiger partial charge in [0.2, 0.25) is 0 Å². The predicted octanol–water partition coefficient (Wildman–Crippen LogP) is 1.25. The molecule has 0 saturated carbocycles. The Morgan fingerprint density at radius 2 is 2.14 bits per heavy atom. The number of rotatable bonds is 1. The Morgan fingerprint density at radius 3 is 2.14 bits per heavy atom.